The number of amides is 1. The minimum Gasteiger partial charge on any atom is -0.381 e. The van der Waals surface area contributed by atoms with E-state index in [1.54, 1.807) is 7.11 Å². The monoisotopic (exact) mass is 355 g/mol. The minimum atomic E-state index is 0.0672. The molecule has 1 aromatic rings. The number of carbonyl (C=O) groups excluding carboxylic acids is 1. The van der Waals surface area contributed by atoms with Crippen molar-refractivity contribution in [2.75, 3.05) is 20.2 Å². The molecule has 0 spiro atoms. The molecule has 21 heavy (non-hydrogen) atoms. The third kappa shape index (κ3) is 3.03. The van der Waals surface area contributed by atoms with E-state index in [1.807, 2.05) is 17.2 Å². The Labute approximate surface area is 133 Å². The molecule has 2 heterocycles. The summed E-state index contributed by atoms with van der Waals surface area (Å²) in [6.45, 7) is 1.20. The van der Waals surface area contributed by atoms with Crippen molar-refractivity contribution in [1.29, 1.82) is 0 Å². The number of likely N-dealkylation sites (tertiary alicyclic amines) is 1. The lowest BCUT2D eigenvalue weighted by molar-refractivity contribution is 0.0134. The lowest BCUT2D eigenvalue weighted by atomic mass is 9.99. The Balaban J connectivity index is 1.81. The third-order valence-electron chi connectivity index (χ3n) is 4.51. The van der Waals surface area contributed by atoms with Crippen LogP contribution in [0, 0.1) is 0 Å². The van der Waals surface area contributed by atoms with E-state index in [9.17, 15) is 4.79 Å². The summed E-state index contributed by atoms with van der Waals surface area (Å²) in [7, 11) is 1.73. The summed E-state index contributed by atoms with van der Waals surface area (Å²) in [4.78, 5) is 14.8. The van der Waals surface area contributed by atoms with Gasteiger partial charge in [0.25, 0.3) is 5.91 Å². The lowest BCUT2D eigenvalue weighted by Crippen LogP contribution is -2.51. The van der Waals surface area contributed by atoms with Crippen molar-refractivity contribution in [3.05, 3.63) is 22.4 Å². The molecule has 2 atom stereocenters. The largest absolute Gasteiger partial charge is 0.381 e. The summed E-state index contributed by atoms with van der Waals surface area (Å²) < 4.78 is 8.51. The van der Waals surface area contributed by atoms with Crippen LogP contribution < -0.4 is 5.73 Å². The van der Waals surface area contributed by atoms with E-state index in [1.165, 1.54) is 0 Å². The van der Waals surface area contributed by atoms with Crippen LogP contribution in [-0.4, -0.2) is 47.7 Å². The first-order valence-electron chi connectivity index (χ1n) is 7.55. The van der Waals surface area contributed by atoms with Gasteiger partial charge < -0.3 is 19.9 Å². The van der Waals surface area contributed by atoms with Gasteiger partial charge in [-0.1, -0.05) is 0 Å². The number of aromatic nitrogens is 1. The highest BCUT2D eigenvalue weighted by Gasteiger charge is 2.34. The van der Waals surface area contributed by atoms with Gasteiger partial charge >= 0.3 is 0 Å². The Kier molecular flexibility index (Phi) is 4.38. The lowest BCUT2D eigenvalue weighted by Gasteiger charge is -2.38. The Hall–Kier alpha value is -0.850. The highest BCUT2D eigenvalue weighted by atomic mass is 79.9. The minimum absolute atomic E-state index is 0.0672. The summed E-state index contributed by atoms with van der Waals surface area (Å²) in [5.74, 6) is 0.0950. The first-order valence-corrected chi connectivity index (χ1v) is 8.34. The van der Waals surface area contributed by atoms with E-state index in [0.717, 1.165) is 35.8 Å². The summed E-state index contributed by atoms with van der Waals surface area (Å²) >= 11 is 3.49. The molecule has 3 rings (SSSR count). The Bertz CT molecular complexity index is 527. The van der Waals surface area contributed by atoms with E-state index >= 15 is 0 Å². The van der Waals surface area contributed by atoms with Gasteiger partial charge in [-0.3, -0.25) is 4.79 Å². The molecule has 0 bridgehead atoms. The Morgan fingerprint density at radius 1 is 1.48 bits per heavy atom. The van der Waals surface area contributed by atoms with Crippen molar-refractivity contribution >= 4 is 21.8 Å². The molecule has 2 N–H and O–H groups in total. The highest BCUT2D eigenvalue weighted by molar-refractivity contribution is 9.10. The van der Waals surface area contributed by atoms with Crippen molar-refractivity contribution < 1.29 is 9.53 Å². The molecule has 2 unspecified atom stereocenters. The fourth-order valence-electron chi connectivity index (χ4n) is 3.14. The number of rotatable bonds is 4. The average molecular weight is 356 g/mol. The molecule has 116 valence electrons. The number of nitrogens with zero attached hydrogens (tertiary/aromatic N) is 2. The van der Waals surface area contributed by atoms with Gasteiger partial charge in [-0.15, -0.1) is 0 Å². The number of methoxy groups -OCH3 is 1. The van der Waals surface area contributed by atoms with Crippen LogP contribution in [-0.2, 0) is 4.74 Å². The van der Waals surface area contributed by atoms with Crippen LogP contribution in [0.2, 0.25) is 0 Å². The molecule has 1 aromatic heterocycles. The topological polar surface area (TPSA) is 60.5 Å². The molecule has 2 fully saturated rings. The van der Waals surface area contributed by atoms with Crippen LogP contribution in [0.15, 0.2) is 16.7 Å². The summed E-state index contributed by atoms with van der Waals surface area (Å²) in [5.41, 5.74) is 6.65. The standard InChI is InChI=1S/C15H22BrN3O2/c1-21-13-4-5-18(12(7-13)8-17)15(20)14-6-10(16)9-19(14)11-2-3-11/h6,9,11-13H,2-5,7-8,17H2,1H3. The fourth-order valence-corrected chi connectivity index (χ4v) is 3.58. The van der Waals surface area contributed by atoms with Crippen LogP contribution in [0.1, 0.15) is 42.2 Å². The zero-order valence-electron chi connectivity index (χ0n) is 12.3. The van der Waals surface area contributed by atoms with E-state index in [-0.39, 0.29) is 18.1 Å². The van der Waals surface area contributed by atoms with Gasteiger partial charge in [0.05, 0.1) is 6.10 Å². The third-order valence-corrected chi connectivity index (χ3v) is 4.94. The van der Waals surface area contributed by atoms with Crippen LogP contribution in [0.5, 0.6) is 0 Å². The first kappa shape index (κ1) is 15.1. The van der Waals surface area contributed by atoms with E-state index in [2.05, 4.69) is 20.5 Å². The Morgan fingerprint density at radius 3 is 2.86 bits per heavy atom. The first-order chi connectivity index (χ1) is 10.1. The van der Waals surface area contributed by atoms with Gasteiger partial charge in [-0.05, 0) is 47.7 Å². The second-order valence-electron chi connectivity index (χ2n) is 5.95. The molecule has 6 heteroatoms. The maximum Gasteiger partial charge on any atom is 0.270 e. The predicted octanol–water partition coefficient (Wildman–Crippen LogP) is 2.16. The normalized spacial score (nSPS) is 26.1. The fraction of sp³-hybridized carbons (Fsp3) is 0.667. The van der Waals surface area contributed by atoms with Crippen LogP contribution in [0.25, 0.3) is 0 Å². The molecule has 0 radical (unpaired) electrons. The smallest absolute Gasteiger partial charge is 0.270 e. The zero-order chi connectivity index (χ0) is 15.0. The molecule has 1 saturated heterocycles. The summed E-state index contributed by atoms with van der Waals surface area (Å²) in [6, 6.07) is 2.48. The number of hydrogen-bond acceptors (Lipinski definition) is 3. The molecular formula is C15H22BrN3O2. The van der Waals surface area contributed by atoms with Crippen LogP contribution in [0.3, 0.4) is 0 Å². The molecule has 2 aliphatic rings. The molecule has 1 amide bonds. The van der Waals surface area contributed by atoms with Gasteiger partial charge in [-0.25, -0.2) is 0 Å². The second kappa shape index (κ2) is 6.10. The van der Waals surface area contributed by atoms with Crippen molar-refractivity contribution in [3.8, 4) is 0 Å². The summed E-state index contributed by atoms with van der Waals surface area (Å²) in [6.07, 6.45) is 6.25. The molecule has 1 aliphatic carbocycles. The zero-order valence-corrected chi connectivity index (χ0v) is 13.9. The van der Waals surface area contributed by atoms with Crippen molar-refractivity contribution in [3.63, 3.8) is 0 Å². The maximum absolute atomic E-state index is 12.9. The maximum atomic E-state index is 12.9. The number of carbonyl (C=O) groups is 1. The molecule has 5 nitrogen and oxygen atoms in total. The molecular weight excluding hydrogens is 334 g/mol. The van der Waals surface area contributed by atoms with Gasteiger partial charge in [0.1, 0.15) is 5.69 Å². The van der Waals surface area contributed by atoms with Crippen molar-refractivity contribution in [2.24, 2.45) is 5.73 Å². The number of ether oxygens (including phenoxy) is 1. The van der Waals surface area contributed by atoms with Crippen LogP contribution >= 0.6 is 15.9 Å². The Morgan fingerprint density at radius 2 is 2.24 bits per heavy atom. The van der Waals surface area contributed by atoms with E-state index in [4.69, 9.17) is 10.5 Å². The van der Waals surface area contributed by atoms with Crippen LogP contribution in [0.4, 0.5) is 0 Å². The molecule has 1 aliphatic heterocycles. The van der Waals surface area contributed by atoms with Crippen molar-refractivity contribution in [1.82, 2.24) is 9.47 Å². The van der Waals surface area contributed by atoms with Gasteiger partial charge in [0.2, 0.25) is 0 Å². The molecule has 1 saturated carbocycles. The average Bonchev–Trinajstić information content (AvgIpc) is 3.28. The number of halogens is 1. The second-order valence-corrected chi connectivity index (χ2v) is 6.87. The highest BCUT2D eigenvalue weighted by Crippen LogP contribution is 2.38. The van der Waals surface area contributed by atoms with Gasteiger partial charge in [0, 0.05) is 43.0 Å². The quantitative estimate of drug-likeness (QED) is 0.900. The molecule has 0 aromatic carbocycles. The van der Waals surface area contributed by atoms with Crippen molar-refractivity contribution in [2.45, 2.75) is 43.9 Å². The SMILES string of the molecule is COC1CCN(C(=O)c2cc(Br)cn2C2CC2)C(CN)C1. The number of piperidine rings is 1. The van der Waals surface area contributed by atoms with E-state index in [0.29, 0.717) is 19.1 Å². The summed E-state index contributed by atoms with van der Waals surface area (Å²) in [5, 5.41) is 0. The number of nitrogens with two attached hydrogens (primary N) is 1. The van der Waals surface area contributed by atoms with E-state index < -0.39 is 0 Å². The number of hydrogen-bond donors (Lipinski definition) is 1. The van der Waals surface area contributed by atoms with Gasteiger partial charge in [-0.2, -0.15) is 0 Å². The predicted molar refractivity (Wildman–Crippen MR) is 84.3 cm³/mol. The van der Waals surface area contributed by atoms with Gasteiger partial charge in [0.15, 0.2) is 0 Å².